The molecular formula is C16H19ClN2. The molecule has 1 atom stereocenters. The third kappa shape index (κ3) is 4.05. The summed E-state index contributed by atoms with van der Waals surface area (Å²) in [6, 6.07) is 10.6. The van der Waals surface area contributed by atoms with Crippen LogP contribution in [0.2, 0.25) is 5.02 Å². The number of pyridine rings is 1. The Hall–Kier alpha value is -1.38. The highest BCUT2D eigenvalue weighted by Crippen LogP contribution is 2.20. The van der Waals surface area contributed by atoms with Crippen molar-refractivity contribution in [3.05, 3.63) is 64.4 Å². The summed E-state index contributed by atoms with van der Waals surface area (Å²) < 4.78 is 0. The molecule has 1 heterocycles. The molecule has 0 spiro atoms. The van der Waals surface area contributed by atoms with Gasteiger partial charge < -0.3 is 5.73 Å². The molecule has 2 rings (SSSR count). The van der Waals surface area contributed by atoms with E-state index in [4.69, 9.17) is 17.3 Å². The Labute approximate surface area is 119 Å². The lowest BCUT2D eigenvalue weighted by molar-refractivity contribution is 0.533. The van der Waals surface area contributed by atoms with Gasteiger partial charge in [-0.3, -0.25) is 4.98 Å². The highest BCUT2D eigenvalue weighted by Gasteiger charge is 2.11. The number of aromatic nitrogens is 1. The first-order valence-corrected chi connectivity index (χ1v) is 6.91. The van der Waals surface area contributed by atoms with E-state index in [9.17, 15) is 0 Å². The average Bonchev–Trinajstić information content (AvgIpc) is 2.43. The van der Waals surface area contributed by atoms with Crippen LogP contribution in [0, 0.1) is 12.8 Å². The molecule has 100 valence electrons. The second kappa shape index (κ2) is 6.69. The first kappa shape index (κ1) is 14.0. The van der Waals surface area contributed by atoms with Crippen molar-refractivity contribution < 1.29 is 0 Å². The number of hydrogen-bond donors (Lipinski definition) is 1. The van der Waals surface area contributed by atoms with E-state index in [0.717, 1.165) is 23.4 Å². The first-order valence-electron chi connectivity index (χ1n) is 6.53. The van der Waals surface area contributed by atoms with E-state index >= 15 is 0 Å². The van der Waals surface area contributed by atoms with Crippen molar-refractivity contribution in [3.63, 3.8) is 0 Å². The van der Waals surface area contributed by atoms with Gasteiger partial charge in [0.25, 0.3) is 0 Å². The third-order valence-corrected chi connectivity index (χ3v) is 3.68. The Kier molecular flexibility index (Phi) is 4.94. The summed E-state index contributed by atoms with van der Waals surface area (Å²) in [5, 5.41) is 0.727. The van der Waals surface area contributed by atoms with E-state index in [1.54, 1.807) is 12.4 Å². The maximum atomic E-state index is 6.15. The van der Waals surface area contributed by atoms with Crippen molar-refractivity contribution in [2.75, 3.05) is 6.54 Å². The molecule has 0 aliphatic rings. The summed E-state index contributed by atoms with van der Waals surface area (Å²) in [6.07, 6.45) is 5.35. The fourth-order valence-corrected chi connectivity index (χ4v) is 2.37. The van der Waals surface area contributed by atoms with Crippen molar-refractivity contribution in [1.29, 1.82) is 0 Å². The molecule has 1 unspecified atom stereocenters. The Bertz CT molecular complexity index is 523. The molecule has 2 aromatic rings. The number of hydrogen-bond acceptors (Lipinski definition) is 2. The zero-order valence-electron chi connectivity index (χ0n) is 11.1. The maximum Gasteiger partial charge on any atom is 0.0621 e. The van der Waals surface area contributed by atoms with Crippen molar-refractivity contribution in [2.45, 2.75) is 19.8 Å². The number of nitrogens with two attached hydrogens (primary N) is 1. The number of rotatable bonds is 5. The quantitative estimate of drug-likeness (QED) is 0.908. The molecule has 0 amide bonds. The third-order valence-electron chi connectivity index (χ3n) is 3.34. The van der Waals surface area contributed by atoms with Gasteiger partial charge in [0.2, 0.25) is 0 Å². The predicted molar refractivity (Wildman–Crippen MR) is 80.4 cm³/mol. The van der Waals surface area contributed by atoms with Crippen LogP contribution in [-0.2, 0) is 12.8 Å². The van der Waals surface area contributed by atoms with Gasteiger partial charge in [-0.2, -0.15) is 0 Å². The van der Waals surface area contributed by atoms with E-state index in [1.807, 2.05) is 6.07 Å². The molecule has 0 saturated heterocycles. The van der Waals surface area contributed by atoms with Crippen LogP contribution in [0.5, 0.6) is 0 Å². The zero-order valence-corrected chi connectivity index (χ0v) is 11.9. The summed E-state index contributed by atoms with van der Waals surface area (Å²) in [5.74, 6) is 0.405. The maximum absolute atomic E-state index is 6.15. The van der Waals surface area contributed by atoms with Gasteiger partial charge in [-0.1, -0.05) is 41.4 Å². The Morgan fingerprint density at radius 3 is 2.53 bits per heavy atom. The van der Waals surface area contributed by atoms with Gasteiger partial charge in [-0.25, -0.2) is 0 Å². The van der Waals surface area contributed by atoms with Crippen LogP contribution in [-0.4, -0.2) is 11.5 Å². The Morgan fingerprint density at radius 2 is 1.89 bits per heavy atom. The molecule has 0 aliphatic heterocycles. The van der Waals surface area contributed by atoms with Crippen LogP contribution >= 0.6 is 11.6 Å². The lowest BCUT2D eigenvalue weighted by atomic mass is 9.93. The topological polar surface area (TPSA) is 38.9 Å². The Balaban J connectivity index is 2.05. The molecule has 2 N–H and O–H groups in total. The van der Waals surface area contributed by atoms with Crippen molar-refractivity contribution >= 4 is 11.6 Å². The van der Waals surface area contributed by atoms with Gasteiger partial charge >= 0.3 is 0 Å². The monoisotopic (exact) mass is 274 g/mol. The fraction of sp³-hybridized carbons (Fsp3) is 0.312. The molecule has 0 aliphatic carbocycles. The first-order chi connectivity index (χ1) is 9.19. The van der Waals surface area contributed by atoms with Crippen LogP contribution in [0.3, 0.4) is 0 Å². The van der Waals surface area contributed by atoms with Gasteiger partial charge in [-0.15, -0.1) is 0 Å². The van der Waals surface area contributed by atoms with Crippen LogP contribution in [0.25, 0.3) is 0 Å². The van der Waals surface area contributed by atoms with E-state index in [0.29, 0.717) is 12.5 Å². The largest absolute Gasteiger partial charge is 0.330 e. The number of nitrogens with zero attached hydrogens (tertiary/aromatic N) is 1. The number of aryl methyl sites for hydroxylation is 1. The summed E-state index contributed by atoms with van der Waals surface area (Å²) in [7, 11) is 0. The standard InChI is InChI=1S/C16H19ClN2/c1-12-2-4-13(5-3-12)8-14(10-18)9-15-6-7-19-11-16(15)17/h2-7,11,14H,8-10,18H2,1H3. The van der Waals surface area contributed by atoms with Crippen LogP contribution in [0.1, 0.15) is 16.7 Å². The SMILES string of the molecule is Cc1ccc(CC(CN)Cc2ccncc2Cl)cc1. The smallest absolute Gasteiger partial charge is 0.0621 e. The molecule has 1 aromatic carbocycles. The van der Waals surface area contributed by atoms with Gasteiger partial charge in [0, 0.05) is 12.4 Å². The molecule has 0 fully saturated rings. The highest BCUT2D eigenvalue weighted by atomic mass is 35.5. The molecular weight excluding hydrogens is 256 g/mol. The van der Waals surface area contributed by atoms with Crippen molar-refractivity contribution in [2.24, 2.45) is 11.7 Å². The second-order valence-electron chi connectivity index (χ2n) is 4.96. The van der Waals surface area contributed by atoms with Crippen LogP contribution < -0.4 is 5.73 Å². The zero-order chi connectivity index (χ0) is 13.7. The van der Waals surface area contributed by atoms with Crippen LogP contribution in [0.4, 0.5) is 0 Å². The molecule has 0 radical (unpaired) electrons. The lowest BCUT2D eigenvalue weighted by Gasteiger charge is -2.15. The average molecular weight is 275 g/mol. The van der Waals surface area contributed by atoms with Gasteiger partial charge in [0.15, 0.2) is 0 Å². The number of halogens is 1. The van der Waals surface area contributed by atoms with Gasteiger partial charge in [0.1, 0.15) is 0 Å². The Morgan fingerprint density at radius 1 is 1.16 bits per heavy atom. The lowest BCUT2D eigenvalue weighted by Crippen LogP contribution is -2.19. The fourth-order valence-electron chi connectivity index (χ4n) is 2.18. The van der Waals surface area contributed by atoms with E-state index < -0.39 is 0 Å². The summed E-state index contributed by atoms with van der Waals surface area (Å²) >= 11 is 6.15. The van der Waals surface area contributed by atoms with Crippen molar-refractivity contribution in [1.82, 2.24) is 4.98 Å². The van der Waals surface area contributed by atoms with Gasteiger partial charge in [-0.05, 0) is 49.4 Å². The minimum Gasteiger partial charge on any atom is -0.330 e. The van der Waals surface area contributed by atoms with E-state index in [2.05, 4.69) is 36.2 Å². The van der Waals surface area contributed by atoms with Crippen molar-refractivity contribution in [3.8, 4) is 0 Å². The second-order valence-corrected chi connectivity index (χ2v) is 5.37. The molecule has 2 nitrogen and oxygen atoms in total. The van der Waals surface area contributed by atoms with E-state index in [-0.39, 0.29) is 0 Å². The molecule has 1 aromatic heterocycles. The highest BCUT2D eigenvalue weighted by molar-refractivity contribution is 6.31. The molecule has 0 saturated carbocycles. The molecule has 3 heteroatoms. The minimum absolute atomic E-state index is 0.405. The normalized spacial score (nSPS) is 12.4. The number of benzene rings is 1. The molecule has 0 bridgehead atoms. The minimum atomic E-state index is 0.405. The summed E-state index contributed by atoms with van der Waals surface area (Å²) in [4.78, 5) is 4.01. The van der Waals surface area contributed by atoms with Gasteiger partial charge in [0.05, 0.1) is 5.02 Å². The predicted octanol–water partition coefficient (Wildman–Crippen LogP) is 3.40. The molecule has 19 heavy (non-hydrogen) atoms. The summed E-state index contributed by atoms with van der Waals surface area (Å²) in [5.41, 5.74) is 9.62. The van der Waals surface area contributed by atoms with Crippen LogP contribution in [0.15, 0.2) is 42.7 Å². The summed E-state index contributed by atoms with van der Waals surface area (Å²) in [6.45, 7) is 2.76. The van der Waals surface area contributed by atoms with E-state index in [1.165, 1.54) is 11.1 Å².